The Morgan fingerprint density at radius 3 is 2.73 bits per heavy atom. The van der Waals surface area contributed by atoms with Crippen LogP contribution in [0.1, 0.15) is 21.7 Å². The zero-order chi connectivity index (χ0) is 18.7. The van der Waals surface area contributed by atoms with E-state index in [1.807, 2.05) is 31.4 Å². The van der Waals surface area contributed by atoms with Crippen LogP contribution < -0.4 is 0 Å². The van der Waals surface area contributed by atoms with Gasteiger partial charge in [-0.2, -0.15) is 5.26 Å². The van der Waals surface area contributed by atoms with E-state index < -0.39 is 4.92 Å². The van der Waals surface area contributed by atoms with Crippen LogP contribution in [0.5, 0.6) is 0 Å². The van der Waals surface area contributed by atoms with Crippen LogP contribution in [0.25, 0.3) is 22.9 Å². The Hall–Kier alpha value is -3.30. The lowest BCUT2D eigenvalue weighted by Gasteiger charge is -2.03. The maximum Gasteiger partial charge on any atom is 0.276 e. The van der Waals surface area contributed by atoms with Crippen molar-refractivity contribution >= 4 is 28.7 Å². The van der Waals surface area contributed by atoms with Crippen molar-refractivity contribution in [2.45, 2.75) is 13.8 Å². The van der Waals surface area contributed by atoms with Crippen LogP contribution in [0.4, 0.5) is 5.69 Å². The Labute approximate surface area is 155 Å². The smallest absolute Gasteiger partial charge is 0.258 e. The van der Waals surface area contributed by atoms with E-state index in [-0.39, 0.29) is 5.69 Å². The molecule has 1 heterocycles. The number of rotatable bonds is 4. The maximum atomic E-state index is 11.2. The number of nitrogens with zero attached hydrogens (tertiary/aromatic N) is 3. The summed E-state index contributed by atoms with van der Waals surface area (Å²) in [5, 5.41) is 23.1. The van der Waals surface area contributed by atoms with Crippen LogP contribution in [0, 0.1) is 35.3 Å². The predicted molar refractivity (Wildman–Crippen MR) is 104 cm³/mol. The molecule has 0 N–H and O–H groups in total. The van der Waals surface area contributed by atoms with Crippen molar-refractivity contribution in [3.63, 3.8) is 0 Å². The normalized spacial score (nSPS) is 11.2. The Bertz CT molecular complexity index is 1060. The van der Waals surface area contributed by atoms with Gasteiger partial charge in [-0.1, -0.05) is 35.9 Å². The molecule has 0 spiro atoms. The molecule has 0 unspecified atom stereocenters. The molecule has 0 saturated carbocycles. The van der Waals surface area contributed by atoms with E-state index in [1.54, 1.807) is 18.2 Å². The molecule has 3 rings (SSSR count). The minimum atomic E-state index is -0.455. The summed E-state index contributed by atoms with van der Waals surface area (Å²) < 4.78 is 0. The number of nitro groups is 1. The van der Waals surface area contributed by atoms with Gasteiger partial charge >= 0.3 is 0 Å². The molecule has 128 valence electrons. The van der Waals surface area contributed by atoms with E-state index in [0.29, 0.717) is 16.1 Å². The molecule has 0 aliphatic heterocycles. The highest BCUT2D eigenvalue weighted by molar-refractivity contribution is 7.11. The number of nitriles is 1. The fraction of sp³-hybridized carbons (Fsp3) is 0.100. The number of benzene rings is 2. The summed E-state index contributed by atoms with van der Waals surface area (Å²) in [6.45, 7) is 4.06. The molecule has 0 fully saturated rings. The zero-order valence-corrected chi connectivity index (χ0v) is 15.1. The number of nitro benzene ring substituents is 1. The van der Waals surface area contributed by atoms with E-state index in [9.17, 15) is 15.4 Å². The second-order valence-electron chi connectivity index (χ2n) is 5.84. The quantitative estimate of drug-likeness (QED) is 0.354. The van der Waals surface area contributed by atoms with Crippen molar-refractivity contribution < 1.29 is 4.92 Å². The summed E-state index contributed by atoms with van der Waals surface area (Å²) in [4.78, 5) is 15.3. The van der Waals surface area contributed by atoms with Crippen LogP contribution in [0.15, 0.2) is 47.8 Å². The number of allylic oxidation sites excluding steroid dienone is 1. The highest BCUT2D eigenvalue weighted by atomic mass is 32.1. The van der Waals surface area contributed by atoms with Gasteiger partial charge in [-0.25, -0.2) is 4.98 Å². The summed E-state index contributed by atoms with van der Waals surface area (Å²) in [5.41, 5.74) is 4.76. The first-order chi connectivity index (χ1) is 12.5. The first kappa shape index (κ1) is 17.5. The van der Waals surface area contributed by atoms with Gasteiger partial charge in [-0.05, 0) is 31.6 Å². The lowest BCUT2D eigenvalue weighted by Crippen LogP contribution is -1.91. The Morgan fingerprint density at radius 1 is 1.27 bits per heavy atom. The predicted octanol–water partition coefficient (Wildman–Crippen LogP) is 5.40. The van der Waals surface area contributed by atoms with Gasteiger partial charge in [0.2, 0.25) is 0 Å². The van der Waals surface area contributed by atoms with E-state index in [1.165, 1.54) is 29.0 Å². The molecule has 0 radical (unpaired) electrons. The highest BCUT2D eigenvalue weighted by Gasteiger charge is 2.14. The Balaban J connectivity index is 2.02. The fourth-order valence-corrected chi connectivity index (χ4v) is 3.48. The van der Waals surface area contributed by atoms with Gasteiger partial charge in [-0.15, -0.1) is 11.3 Å². The largest absolute Gasteiger partial charge is 0.276 e. The van der Waals surface area contributed by atoms with Crippen LogP contribution in [0.3, 0.4) is 0 Å². The molecule has 0 saturated heterocycles. The molecule has 0 atom stereocenters. The molecular weight excluding hydrogens is 346 g/mol. The van der Waals surface area contributed by atoms with E-state index in [0.717, 1.165) is 16.8 Å². The molecule has 3 aromatic rings. The third kappa shape index (κ3) is 3.53. The Morgan fingerprint density at radius 2 is 2.04 bits per heavy atom. The number of aryl methyl sites for hydroxylation is 2. The van der Waals surface area contributed by atoms with Gasteiger partial charge in [-0.3, -0.25) is 10.1 Å². The Kier molecular flexibility index (Phi) is 4.92. The van der Waals surface area contributed by atoms with Gasteiger partial charge in [0.15, 0.2) is 0 Å². The molecule has 1 aromatic heterocycles. The topological polar surface area (TPSA) is 79.8 Å². The third-order valence-electron chi connectivity index (χ3n) is 3.95. The first-order valence-corrected chi connectivity index (χ1v) is 8.76. The lowest BCUT2D eigenvalue weighted by molar-refractivity contribution is -0.385. The standard InChI is InChI=1S/C20H15N3O2S/c1-13-7-8-17(14(2)9-13)18-12-26-20(22-18)16(11-21)10-15-5-3-4-6-19(15)23(24)25/h3-10,12H,1-2H3/b16-10-. The minimum absolute atomic E-state index is 0.0357. The molecule has 0 bridgehead atoms. The number of thiazole rings is 1. The average Bonchev–Trinajstić information content (AvgIpc) is 3.09. The van der Waals surface area contributed by atoms with Crippen molar-refractivity contribution in [3.8, 4) is 17.3 Å². The zero-order valence-electron chi connectivity index (χ0n) is 14.3. The van der Waals surface area contributed by atoms with Crippen LogP contribution in [-0.2, 0) is 0 Å². The van der Waals surface area contributed by atoms with E-state index in [2.05, 4.69) is 17.1 Å². The first-order valence-electron chi connectivity index (χ1n) is 7.88. The number of para-hydroxylation sites is 1. The van der Waals surface area contributed by atoms with Gasteiger partial charge in [0.05, 0.1) is 21.8 Å². The molecule has 2 aromatic carbocycles. The maximum absolute atomic E-state index is 11.2. The molecule has 0 amide bonds. The van der Waals surface area contributed by atoms with Crippen molar-refractivity contribution in [1.29, 1.82) is 5.26 Å². The highest BCUT2D eigenvalue weighted by Crippen LogP contribution is 2.30. The number of hydrogen-bond donors (Lipinski definition) is 0. The summed E-state index contributed by atoms with van der Waals surface area (Å²) in [6, 6.07) is 14.6. The minimum Gasteiger partial charge on any atom is -0.258 e. The molecular formula is C20H15N3O2S. The summed E-state index contributed by atoms with van der Waals surface area (Å²) in [7, 11) is 0. The van der Waals surface area contributed by atoms with Gasteiger partial charge in [0, 0.05) is 17.0 Å². The van der Waals surface area contributed by atoms with Crippen molar-refractivity contribution in [2.75, 3.05) is 0 Å². The molecule has 5 nitrogen and oxygen atoms in total. The van der Waals surface area contributed by atoms with Crippen molar-refractivity contribution in [3.05, 3.63) is 79.7 Å². The van der Waals surface area contributed by atoms with Gasteiger partial charge < -0.3 is 0 Å². The number of hydrogen-bond acceptors (Lipinski definition) is 5. The van der Waals surface area contributed by atoms with E-state index >= 15 is 0 Å². The van der Waals surface area contributed by atoms with Crippen molar-refractivity contribution in [2.24, 2.45) is 0 Å². The monoisotopic (exact) mass is 361 g/mol. The van der Waals surface area contributed by atoms with Gasteiger partial charge in [0.1, 0.15) is 11.1 Å². The summed E-state index contributed by atoms with van der Waals surface area (Å²) >= 11 is 1.35. The fourth-order valence-electron chi connectivity index (χ4n) is 2.70. The molecule has 26 heavy (non-hydrogen) atoms. The van der Waals surface area contributed by atoms with Gasteiger partial charge in [0.25, 0.3) is 5.69 Å². The van der Waals surface area contributed by atoms with Crippen molar-refractivity contribution in [1.82, 2.24) is 4.98 Å². The third-order valence-corrected chi connectivity index (χ3v) is 4.82. The second kappa shape index (κ2) is 7.30. The van der Waals surface area contributed by atoms with E-state index in [4.69, 9.17) is 0 Å². The van der Waals surface area contributed by atoms with Crippen LogP contribution in [-0.4, -0.2) is 9.91 Å². The molecule has 0 aliphatic carbocycles. The SMILES string of the molecule is Cc1ccc(-c2csc(/C(C#N)=C\c3ccccc3[N+](=O)[O-])n2)c(C)c1. The average molecular weight is 361 g/mol. The lowest BCUT2D eigenvalue weighted by atomic mass is 10.0. The second-order valence-corrected chi connectivity index (χ2v) is 6.70. The summed E-state index contributed by atoms with van der Waals surface area (Å²) in [6.07, 6.45) is 1.52. The molecule has 0 aliphatic rings. The summed E-state index contributed by atoms with van der Waals surface area (Å²) in [5.74, 6) is 0. The van der Waals surface area contributed by atoms with Crippen LogP contribution >= 0.6 is 11.3 Å². The van der Waals surface area contributed by atoms with Crippen LogP contribution in [0.2, 0.25) is 0 Å². The number of aromatic nitrogens is 1. The molecule has 6 heteroatoms.